The molecule has 2 aliphatic rings. The number of aryl methyl sites for hydroxylation is 1. The molecule has 0 unspecified atom stereocenters. The van der Waals surface area contributed by atoms with Gasteiger partial charge in [-0.05, 0) is 31.9 Å². The van der Waals surface area contributed by atoms with Gasteiger partial charge in [0.25, 0.3) is 5.91 Å². The minimum atomic E-state index is -5.08. The number of aliphatic carboxylic acids is 1. The highest BCUT2D eigenvalue weighted by Gasteiger charge is 2.44. The van der Waals surface area contributed by atoms with E-state index in [9.17, 15) is 18.0 Å². The Morgan fingerprint density at radius 1 is 1.33 bits per heavy atom. The average Bonchev–Trinajstić information content (AvgIpc) is 3.04. The molecule has 1 aliphatic carbocycles. The number of morpholine rings is 1. The first-order valence-electron chi connectivity index (χ1n) is 8.33. The summed E-state index contributed by atoms with van der Waals surface area (Å²) in [6, 6.07) is 3.85. The van der Waals surface area contributed by atoms with E-state index in [1.165, 1.54) is 0 Å². The quantitative estimate of drug-likeness (QED) is 0.831. The molecular weight excluding hydrogens is 369 g/mol. The van der Waals surface area contributed by atoms with Gasteiger partial charge in [-0.2, -0.15) is 13.2 Å². The molecule has 1 saturated carbocycles. The zero-order chi connectivity index (χ0) is 20.2. The Morgan fingerprint density at radius 3 is 2.52 bits per heavy atom. The maximum absolute atomic E-state index is 12.6. The predicted octanol–water partition coefficient (Wildman–Crippen LogP) is 2.04. The molecule has 0 radical (unpaired) electrons. The van der Waals surface area contributed by atoms with E-state index < -0.39 is 12.1 Å². The number of carbonyl (C=O) groups excluding carboxylic acids is 1. The second kappa shape index (κ2) is 8.66. The number of aromatic nitrogens is 1. The van der Waals surface area contributed by atoms with E-state index in [1.54, 1.807) is 13.3 Å². The highest BCUT2D eigenvalue weighted by atomic mass is 19.4. The monoisotopic (exact) mass is 390 g/mol. The number of hydrogen-bond donors (Lipinski definition) is 1. The van der Waals surface area contributed by atoms with Gasteiger partial charge in [-0.15, -0.1) is 0 Å². The molecule has 1 aliphatic heterocycles. The zero-order valence-electron chi connectivity index (χ0n) is 14.9. The summed E-state index contributed by atoms with van der Waals surface area (Å²) in [6.07, 6.45) is -1.43. The Morgan fingerprint density at radius 2 is 2.00 bits per heavy atom. The lowest BCUT2D eigenvalue weighted by Gasteiger charge is -2.38. The number of nitrogens with zero attached hydrogens (tertiary/aromatic N) is 2. The molecule has 2 fully saturated rings. The summed E-state index contributed by atoms with van der Waals surface area (Å²) in [5.74, 6) is -2.71. The average molecular weight is 390 g/mol. The lowest BCUT2D eigenvalue weighted by Crippen LogP contribution is -2.53. The van der Waals surface area contributed by atoms with Crippen LogP contribution < -0.4 is 0 Å². The van der Waals surface area contributed by atoms with E-state index in [2.05, 4.69) is 4.98 Å². The van der Waals surface area contributed by atoms with Crippen LogP contribution in [0.2, 0.25) is 0 Å². The van der Waals surface area contributed by atoms with Gasteiger partial charge in [0.1, 0.15) is 6.10 Å². The highest BCUT2D eigenvalue weighted by Crippen LogP contribution is 2.32. The number of rotatable bonds is 2. The number of hydrogen-bond acceptors (Lipinski definition) is 5. The van der Waals surface area contributed by atoms with Crippen LogP contribution >= 0.6 is 0 Å². The lowest BCUT2D eigenvalue weighted by atomic mass is 10.1. The Bertz CT molecular complexity index is 666. The van der Waals surface area contributed by atoms with Crippen LogP contribution in [-0.2, 0) is 14.3 Å². The first-order chi connectivity index (χ1) is 12.6. The maximum atomic E-state index is 12.6. The molecule has 0 aromatic carbocycles. The van der Waals surface area contributed by atoms with Crippen molar-refractivity contribution in [1.29, 1.82) is 0 Å². The molecule has 3 rings (SSSR count). The number of fused-ring (bicyclic) bond motifs is 1. The Hall–Kier alpha value is -2.20. The predicted molar refractivity (Wildman–Crippen MR) is 87.3 cm³/mol. The third kappa shape index (κ3) is 5.16. The van der Waals surface area contributed by atoms with E-state index in [-0.39, 0.29) is 24.2 Å². The third-order valence-corrected chi connectivity index (χ3v) is 4.50. The van der Waals surface area contributed by atoms with Crippen LogP contribution in [0.3, 0.4) is 0 Å². The summed E-state index contributed by atoms with van der Waals surface area (Å²) >= 11 is 0. The molecule has 1 amide bonds. The molecule has 1 aromatic heterocycles. The Kier molecular flexibility index (Phi) is 6.77. The van der Waals surface area contributed by atoms with Gasteiger partial charge >= 0.3 is 12.1 Å². The smallest absolute Gasteiger partial charge is 0.475 e. The Balaban J connectivity index is 0.000000321. The van der Waals surface area contributed by atoms with Crippen molar-refractivity contribution >= 4 is 11.9 Å². The lowest BCUT2D eigenvalue weighted by molar-refractivity contribution is -0.192. The number of methoxy groups -OCH3 is 1. The first-order valence-corrected chi connectivity index (χ1v) is 8.33. The number of amides is 1. The molecule has 150 valence electrons. The summed E-state index contributed by atoms with van der Waals surface area (Å²) in [7, 11) is 1.71. The summed E-state index contributed by atoms with van der Waals surface area (Å²) in [5, 5.41) is 7.12. The van der Waals surface area contributed by atoms with Gasteiger partial charge < -0.3 is 19.5 Å². The van der Waals surface area contributed by atoms with Gasteiger partial charge in [-0.25, -0.2) is 4.79 Å². The van der Waals surface area contributed by atoms with Gasteiger partial charge in [-0.3, -0.25) is 9.78 Å². The second-order valence-corrected chi connectivity index (χ2v) is 6.24. The maximum Gasteiger partial charge on any atom is 0.490 e. The number of carboxylic acids is 1. The van der Waals surface area contributed by atoms with E-state index in [1.807, 2.05) is 24.0 Å². The van der Waals surface area contributed by atoms with Crippen molar-refractivity contribution in [2.45, 2.75) is 44.2 Å². The molecule has 2 heterocycles. The first kappa shape index (κ1) is 21.1. The largest absolute Gasteiger partial charge is 0.490 e. The number of carboxylic acid groups (broad SMARTS) is 1. The minimum absolute atomic E-state index is 0.0103. The topological polar surface area (TPSA) is 89.0 Å². The molecule has 0 spiro atoms. The van der Waals surface area contributed by atoms with Crippen molar-refractivity contribution in [2.24, 2.45) is 0 Å². The normalized spacial score (nSPS) is 24.6. The van der Waals surface area contributed by atoms with E-state index in [4.69, 9.17) is 19.4 Å². The highest BCUT2D eigenvalue weighted by molar-refractivity contribution is 5.94. The van der Waals surface area contributed by atoms with Crippen molar-refractivity contribution in [2.75, 3.05) is 20.3 Å². The minimum Gasteiger partial charge on any atom is -0.475 e. The molecule has 7 nitrogen and oxygen atoms in total. The molecule has 3 atom stereocenters. The number of alkyl halides is 3. The van der Waals surface area contributed by atoms with Crippen LogP contribution in [-0.4, -0.2) is 71.6 Å². The van der Waals surface area contributed by atoms with Crippen molar-refractivity contribution in [3.8, 4) is 0 Å². The van der Waals surface area contributed by atoms with Gasteiger partial charge in [-0.1, -0.05) is 0 Å². The summed E-state index contributed by atoms with van der Waals surface area (Å²) < 4.78 is 43.0. The molecule has 1 aromatic rings. The van der Waals surface area contributed by atoms with E-state index in [0.717, 1.165) is 18.5 Å². The third-order valence-electron chi connectivity index (χ3n) is 4.50. The van der Waals surface area contributed by atoms with E-state index in [0.29, 0.717) is 18.7 Å². The van der Waals surface area contributed by atoms with Crippen molar-refractivity contribution < 1.29 is 37.3 Å². The van der Waals surface area contributed by atoms with Crippen LogP contribution in [0, 0.1) is 6.92 Å². The van der Waals surface area contributed by atoms with Gasteiger partial charge in [0.2, 0.25) is 0 Å². The summed E-state index contributed by atoms with van der Waals surface area (Å²) in [4.78, 5) is 27.7. The Labute approximate surface area is 154 Å². The van der Waals surface area contributed by atoms with Crippen LogP contribution in [0.5, 0.6) is 0 Å². The molecule has 10 heteroatoms. The van der Waals surface area contributed by atoms with Crippen molar-refractivity contribution in [3.05, 3.63) is 29.6 Å². The number of pyridine rings is 1. The fraction of sp³-hybridized carbons (Fsp3) is 0.588. The second-order valence-electron chi connectivity index (χ2n) is 6.24. The van der Waals surface area contributed by atoms with Crippen LogP contribution in [0.1, 0.15) is 28.9 Å². The number of ether oxygens (including phenoxy) is 2. The molecule has 1 N–H and O–H groups in total. The van der Waals surface area contributed by atoms with Gasteiger partial charge in [0.15, 0.2) is 0 Å². The summed E-state index contributed by atoms with van der Waals surface area (Å²) in [5.41, 5.74) is 1.57. The van der Waals surface area contributed by atoms with Crippen molar-refractivity contribution in [3.63, 3.8) is 0 Å². The standard InChI is InChI=1S/C15H20N2O3.C2HF3O2/c1-10-3-4-11(9-16-10)15(18)17-7-8-20-14-12(17)5-6-13(14)19-2;3-2(4,5)1(6)7/h3-4,9,12-14H,5-8H2,1-2H3;(H,6,7)/t12-,13+,14+;/m0./s1. The van der Waals surface area contributed by atoms with Crippen LogP contribution in [0.4, 0.5) is 13.2 Å². The summed E-state index contributed by atoms with van der Waals surface area (Å²) in [6.45, 7) is 3.13. The fourth-order valence-electron chi connectivity index (χ4n) is 3.18. The molecule has 0 bridgehead atoms. The van der Waals surface area contributed by atoms with Crippen LogP contribution in [0.15, 0.2) is 18.3 Å². The SMILES string of the molecule is CO[C@@H]1CC[C@H]2[C@H]1OCCN2C(=O)c1ccc(C)nc1.O=C(O)C(F)(F)F. The molecule has 1 saturated heterocycles. The number of halogens is 3. The van der Waals surface area contributed by atoms with Gasteiger partial charge in [0, 0.05) is 25.5 Å². The van der Waals surface area contributed by atoms with E-state index >= 15 is 0 Å². The van der Waals surface area contributed by atoms with Gasteiger partial charge in [0.05, 0.1) is 24.3 Å². The molecular formula is C17H21F3N2O5. The number of carbonyl (C=O) groups is 2. The molecule has 27 heavy (non-hydrogen) atoms. The van der Waals surface area contributed by atoms with Crippen LogP contribution in [0.25, 0.3) is 0 Å². The van der Waals surface area contributed by atoms with Crippen molar-refractivity contribution in [1.82, 2.24) is 9.88 Å². The zero-order valence-corrected chi connectivity index (χ0v) is 14.9. The fourth-order valence-corrected chi connectivity index (χ4v) is 3.18.